The maximum atomic E-state index is 6.23. The molecular weight excluding hydrogens is 290 g/mol. The Hall–Kier alpha value is -1.66. The van der Waals surface area contributed by atoms with E-state index in [0.717, 1.165) is 18.7 Å². The predicted molar refractivity (Wildman–Crippen MR) is 81.1 cm³/mol. The first-order valence-electron chi connectivity index (χ1n) is 6.89. The molecule has 21 heavy (non-hydrogen) atoms. The van der Waals surface area contributed by atoms with E-state index in [1.54, 1.807) is 7.05 Å². The summed E-state index contributed by atoms with van der Waals surface area (Å²) in [5.74, 6) is 1.77. The van der Waals surface area contributed by atoms with Crippen molar-refractivity contribution in [1.29, 1.82) is 0 Å². The lowest BCUT2D eigenvalue weighted by Gasteiger charge is -2.10. The van der Waals surface area contributed by atoms with Gasteiger partial charge in [-0.1, -0.05) is 31.5 Å². The first kappa shape index (κ1) is 15.7. The van der Waals surface area contributed by atoms with Gasteiger partial charge in [0.1, 0.15) is 5.75 Å². The van der Waals surface area contributed by atoms with Crippen molar-refractivity contribution in [3.63, 3.8) is 0 Å². The Morgan fingerprint density at radius 2 is 2.19 bits per heavy atom. The number of rotatable bonds is 7. The van der Waals surface area contributed by atoms with Gasteiger partial charge in [-0.2, -0.15) is 4.80 Å². The Morgan fingerprint density at radius 3 is 2.81 bits per heavy atom. The zero-order valence-electron chi connectivity index (χ0n) is 12.5. The predicted octanol–water partition coefficient (Wildman–Crippen LogP) is 2.19. The summed E-state index contributed by atoms with van der Waals surface area (Å²) in [7, 11) is 1.71. The zero-order valence-corrected chi connectivity index (χ0v) is 13.3. The molecule has 1 N–H and O–H groups in total. The molecule has 0 amide bonds. The molecule has 0 fully saturated rings. The lowest BCUT2D eigenvalue weighted by molar-refractivity contribution is 0.295. The van der Waals surface area contributed by atoms with Crippen LogP contribution < -0.4 is 10.1 Å². The molecule has 0 saturated carbocycles. The van der Waals surface area contributed by atoms with E-state index in [1.165, 1.54) is 4.80 Å². The Kier molecular flexibility index (Phi) is 5.52. The molecule has 0 aliphatic carbocycles. The molecule has 6 nitrogen and oxygen atoms in total. The first-order valence-corrected chi connectivity index (χ1v) is 7.27. The summed E-state index contributed by atoms with van der Waals surface area (Å²) in [4.78, 5) is 1.39. The maximum absolute atomic E-state index is 6.23. The van der Waals surface area contributed by atoms with Crippen LogP contribution >= 0.6 is 11.6 Å². The average molecular weight is 310 g/mol. The highest BCUT2D eigenvalue weighted by molar-refractivity contribution is 6.32. The van der Waals surface area contributed by atoms with Gasteiger partial charge in [-0.3, -0.25) is 0 Å². The fraction of sp³-hybridized carbons (Fsp3) is 0.500. The Labute approximate surface area is 129 Å². The molecule has 0 atom stereocenters. The number of benzene rings is 1. The topological polar surface area (TPSA) is 64.9 Å². The summed E-state index contributed by atoms with van der Waals surface area (Å²) >= 11 is 6.23. The van der Waals surface area contributed by atoms with Crippen LogP contribution in [0.3, 0.4) is 0 Å². The highest BCUT2D eigenvalue weighted by Gasteiger charge is 2.06. The smallest absolute Gasteiger partial charge is 0.212 e. The summed E-state index contributed by atoms with van der Waals surface area (Å²) in [6.07, 6.45) is 0. The summed E-state index contributed by atoms with van der Waals surface area (Å²) in [5, 5.41) is 15.6. The van der Waals surface area contributed by atoms with Crippen molar-refractivity contribution in [2.75, 3.05) is 6.54 Å². The van der Waals surface area contributed by atoms with Gasteiger partial charge in [-0.15, -0.1) is 10.2 Å². The number of ether oxygens (including phenoxy) is 1. The van der Waals surface area contributed by atoms with E-state index in [4.69, 9.17) is 16.3 Å². The molecule has 0 saturated heterocycles. The van der Waals surface area contributed by atoms with E-state index >= 15 is 0 Å². The van der Waals surface area contributed by atoms with Crippen LogP contribution in [0.2, 0.25) is 5.02 Å². The van der Waals surface area contributed by atoms with Crippen molar-refractivity contribution < 1.29 is 4.74 Å². The van der Waals surface area contributed by atoms with Crippen LogP contribution in [-0.4, -0.2) is 26.8 Å². The van der Waals surface area contributed by atoms with Crippen LogP contribution in [0.4, 0.5) is 0 Å². The monoisotopic (exact) mass is 309 g/mol. The normalized spacial score (nSPS) is 11.1. The van der Waals surface area contributed by atoms with Crippen LogP contribution in [-0.2, 0) is 20.2 Å². The molecule has 7 heteroatoms. The quantitative estimate of drug-likeness (QED) is 0.849. The summed E-state index contributed by atoms with van der Waals surface area (Å²) in [6.45, 7) is 6.38. The van der Waals surface area contributed by atoms with Gasteiger partial charge in [0.2, 0.25) is 5.82 Å². The van der Waals surface area contributed by atoms with Crippen LogP contribution in [0.25, 0.3) is 0 Å². The Bertz CT molecular complexity index is 584. The second-order valence-corrected chi connectivity index (χ2v) is 5.68. The fourth-order valence-electron chi connectivity index (χ4n) is 1.80. The number of tetrazole rings is 1. The molecule has 2 aromatic rings. The molecule has 0 aliphatic rings. The van der Waals surface area contributed by atoms with Gasteiger partial charge >= 0.3 is 0 Å². The Morgan fingerprint density at radius 1 is 1.38 bits per heavy atom. The van der Waals surface area contributed by atoms with Crippen molar-refractivity contribution >= 4 is 11.6 Å². The largest absolute Gasteiger partial charge is 0.484 e. The third kappa shape index (κ3) is 4.99. The summed E-state index contributed by atoms with van der Waals surface area (Å²) < 4.78 is 5.60. The number of hydrogen-bond acceptors (Lipinski definition) is 5. The van der Waals surface area contributed by atoms with E-state index in [2.05, 4.69) is 34.6 Å². The van der Waals surface area contributed by atoms with Crippen molar-refractivity contribution in [1.82, 2.24) is 25.5 Å². The molecule has 0 radical (unpaired) electrons. The number of aryl methyl sites for hydroxylation is 1. The number of aromatic nitrogens is 4. The zero-order chi connectivity index (χ0) is 15.2. The first-order chi connectivity index (χ1) is 10.0. The average Bonchev–Trinajstić information content (AvgIpc) is 2.83. The van der Waals surface area contributed by atoms with Gasteiger partial charge in [0.15, 0.2) is 6.61 Å². The molecule has 1 aromatic carbocycles. The van der Waals surface area contributed by atoms with Crippen molar-refractivity contribution in [2.24, 2.45) is 13.0 Å². The maximum Gasteiger partial charge on any atom is 0.212 e. The summed E-state index contributed by atoms with van der Waals surface area (Å²) in [6, 6.07) is 5.78. The van der Waals surface area contributed by atoms with Crippen LogP contribution in [0.1, 0.15) is 25.2 Å². The summed E-state index contributed by atoms with van der Waals surface area (Å²) in [5.41, 5.74) is 1.13. The number of halogens is 1. The van der Waals surface area contributed by atoms with Crippen LogP contribution in [0.15, 0.2) is 18.2 Å². The van der Waals surface area contributed by atoms with Gasteiger partial charge in [0, 0.05) is 6.54 Å². The minimum atomic E-state index is 0.249. The standard InChI is InChI=1S/C14H20ClN5O/c1-10(2)7-16-8-11-4-5-13(12(15)6-11)21-9-14-17-19-20(3)18-14/h4-6,10,16H,7-9H2,1-3H3. The van der Waals surface area contributed by atoms with Gasteiger partial charge in [-0.05, 0) is 35.4 Å². The SMILES string of the molecule is CC(C)CNCc1ccc(OCc2nnn(C)n2)c(Cl)c1. The molecule has 0 aliphatic heterocycles. The van der Waals surface area contributed by atoms with E-state index in [1.807, 2.05) is 18.2 Å². The molecule has 2 rings (SSSR count). The van der Waals surface area contributed by atoms with Gasteiger partial charge < -0.3 is 10.1 Å². The highest BCUT2D eigenvalue weighted by atomic mass is 35.5. The second kappa shape index (κ2) is 7.38. The number of nitrogens with zero attached hydrogens (tertiary/aromatic N) is 4. The lowest BCUT2D eigenvalue weighted by atomic mass is 10.2. The molecule has 114 valence electrons. The molecular formula is C14H20ClN5O. The van der Waals surface area contributed by atoms with Crippen molar-refractivity contribution in [3.8, 4) is 5.75 Å². The fourth-order valence-corrected chi connectivity index (χ4v) is 2.06. The van der Waals surface area contributed by atoms with Crippen molar-refractivity contribution in [3.05, 3.63) is 34.6 Å². The van der Waals surface area contributed by atoms with E-state index < -0.39 is 0 Å². The van der Waals surface area contributed by atoms with Gasteiger partial charge in [0.05, 0.1) is 12.1 Å². The second-order valence-electron chi connectivity index (χ2n) is 5.27. The minimum Gasteiger partial charge on any atom is -0.484 e. The van der Waals surface area contributed by atoms with Crippen LogP contribution in [0, 0.1) is 5.92 Å². The molecule has 1 heterocycles. The Balaban J connectivity index is 1.89. The molecule has 0 unspecified atom stereocenters. The van der Waals surface area contributed by atoms with E-state index in [0.29, 0.717) is 22.5 Å². The minimum absolute atomic E-state index is 0.249. The number of hydrogen-bond donors (Lipinski definition) is 1. The highest BCUT2D eigenvalue weighted by Crippen LogP contribution is 2.26. The third-order valence-corrected chi connectivity index (χ3v) is 3.08. The third-order valence-electron chi connectivity index (χ3n) is 2.78. The van der Waals surface area contributed by atoms with E-state index in [9.17, 15) is 0 Å². The van der Waals surface area contributed by atoms with Gasteiger partial charge in [-0.25, -0.2) is 0 Å². The molecule has 0 spiro atoms. The van der Waals surface area contributed by atoms with E-state index in [-0.39, 0.29) is 6.61 Å². The van der Waals surface area contributed by atoms with Crippen LogP contribution in [0.5, 0.6) is 5.75 Å². The molecule has 0 bridgehead atoms. The van der Waals surface area contributed by atoms with Crippen molar-refractivity contribution in [2.45, 2.75) is 27.0 Å². The lowest BCUT2D eigenvalue weighted by Crippen LogP contribution is -2.18. The van der Waals surface area contributed by atoms with Gasteiger partial charge in [0.25, 0.3) is 0 Å². The molecule has 1 aromatic heterocycles. The number of nitrogens with one attached hydrogen (secondary N) is 1.